The van der Waals surface area contributed by atoms with Gasteiger partial charge in [-0.25, -0.2) is 4.79 Å². The minimum atomic E-state index is -0.152. The Labute approximate surface area is 179 Å². The van der Waals surface area contributed by atoms with E-state index in [-0.39, 0.29) is 11.9 Å². The number of rotatable bonds is 3. The van der Waals surface area contributed by atoms with Crippen molar-refractivity contribution in [2.45, 2.75) is 62.6 Å². The lowest BCUT2D eigenvalue weighted by Crippen LogP contribution is -2.33. The van der Waals surface area contributed by atoms with E-state index in [2.05, 4.69) is 22.2 Å². The molecule has 152 valence electrons. The van der Waals surface area contributed by atoms with Crippen molar-refractivity contribution in [1.29, 1.82) is 0 Å². The van der Waals surface area contributed by atoms with Crippen LogP contribution in [0.4, 0.5) is 10.5 Å². The number of hydrogen-bond donors (Lipinski definition) is 2. The lowest BCUT2D eigenvalue weighted by Gasteiger charge is -2.25. The second-order valence-corrected chi connectivity index (χ2v) is 10.3. The van der Waals surface area contributed by atoms with Crippen molar-refractivity contribution in [2.24, 2.45) is 0 Å². The molecule has 3 amide bonds. The van der Waals surface area contributed by atoms with Gasteiger partial charge in [0, 0.05) is 24.0 Å². The quantitative estimate of drug-likeness (QED) is 0.711. The van der Waals surface area contributed by atoms with E-state index in [1.807, 2.05) is 4.90 Å². The zero-order valence-corrected chi connectivity index (χ0v) is 18.2. The number of carbonyl (C=O) groups is 2. The number of amides is 3. The van der Waals surface area contributed by atoms with Gasteiger partial charge < -0.3 is 10.2 Å². The largest absolute Gasteiger partial charge is 0.337 e. The Bertz CT molecular complexity index is 966. The fraction of sp³-hybridized carbons (Fsp3) is 0.455. The van der Waals surface area contributed by atoms with E-state index < -0.39 is 0 Å². The summed E-state index contributed by atoms with van der Waals surface area (Å²) in [5, 5.41) is 3.18. The number of benzene rings is 1. The number of carbonyl (C=O) groups excluding carboxylic acids is 2. The summed E-state index contributed by atoms with van der Waals surface area (Å²) in [5.41, 5.74) is 7.93. The number of anilines is 1. The van der Waals surface area contributed by atoms with Crippen molar-refractivity contribution in [3.05, 3.63) is 44.8 Å². The van der Waals surface area contributed by atoms with Crippen molar-refractivity contribution >= 4 is 40.9 Å². The van der Waals surface area contributed by atoms with Crippen LogP contribution in [0, 0.1) is 0 Å². The molecule has 2 aromatic rings. The first-order valence-corrected chi connectivity index (χ1v) is 12.0. The van der Waals surface area contributed by atoms with Crippen LogP contribution in [0.3, 0.4) is 0 Å². The second-order valence-electron chi connectivity index (χ2n) is 8.10. The fourth-order valence-corrected chi connectivity index (χ4v) is 6.81. The summed E-state index contributed by atoms with van der Waals surface area (Å²) in [5.74, 6) is 0.124. The van der Waals surface area contributed by atoms with Gasteiger partial charge in [-0.2, -0.15) is 0 Å². The van der Waals surface area contributed by atoms with Crippen molar-refractivity contribution in [3.63, 3.8) is 0 Å². The van der Waals surface area contributed by atoms with Gasteiger partial charge in [0.25, 0.3) is 0 Å². The SMILES string of the molecule is CC(=O)N1CCc2cc(SNC(=O)Nc3c4c(cc5c3CCC5)CCC4)sc2C1. The Balaban J connectivity index is 1.26. The highest BCUT2D eigenvalue weighted by Crippen LogP contribution is 2.39. The Morgan fingerprint density at radius 1 is 1.00 bits per heavy atom. The molecule has 0 atom stereocenters. The summed E-state index contributed by atoms with van der Waals surface area (Å²) < 4.78 is 4.04. The molecule has 29 heavy (non-hydrogen) atoms. The van der Waals surface area contributed by atoms with Crippen LogP contribution in [-0.4, -0.2) is 23.4 Å². The van der Waals surface area contributed by atoms with Gasteiger partial charge in [0.15, 0.2) is 0 Å². The second kappa shape index (κ2) is 7.69. The van der Waals surface area contributed by atoms with Crippen molar-refractivity contribution in [2.75, 3.05) is 11.9 Å². The van der Waals surface area contributed by atoms with E-state index in [0.29, 0.717) is 6.54 Å². The van der Waals surface area contributed by atoms with Crippen LogP contribution in [-0.2, 0) is 43.4 Å². The van der Waals surface area contributed by atoms with Gasteiger partial charge in [-0.1, -0.05) is 6.07 Å². The van der Waals surface area contributed by atoms with Gasteiger partial charge in [-0.05, 0) is 90.8 Å². The van der Waals surface area contributed by atoms with E-state index in [1.54, 1.807) is 18.3 Å². The third kappa shape index (κ3) is 3.66. The average Bonchev–Trinajstić information content (AvgIpc) is 3.43. The van der Waals surface area contributed by atoms with Crippen molar-refractivity contribution < 1.29 is 9.59 Å². The Hall–Kier alpha value is -1.99. The van der Waals surface area contributed by atoms with E-state index in [4.69, 9.17) is 0 Å². The topological polar surface area (TPSA) is 61.4 Å². The number of nitrogens with one attached hydrogen (secondary N) is 2. The Morgan fingerprint density at radius 3 is 2.41 bits per heavy atom. The van der Waals surface area contributed by atoms with Gasteiger partial charge in [-0.15, -0.1) is 11.3 Å². The third-order valence-corrected chi connectivity index (χ3v) is 8.32. The van der Waals surface area contributed by atoms with Crippen molar-refractivity contribution in [1.82, 2.24) is 9.62 Å². The smallest absolute Gasteiger partial charge is 0.329 e. The molecule has 5 rings (SSSR count). The molecule has 0 unspecified atom stereocenters. The first kappa shape index (κ1) is 19.0. The summed E-state index contributed by atoms with van der Waals surface area (Å²) in [6, 6.07) is 4.38. The van der Waals surface area contributed by atoms with Crippen LogP contribution in [0.25, 0.3) is 0 Å². The zero-order valence-electron chi connectivity index (χ0n) is 16.6. The van der Waals surface area contributed by atoms with Gasteiger partial charge in [-0.3, -0.25) is 9.52 Å². The highest BCUT2D eigenvalue weighted by Gasteiger charge is 2.25. The van der Waals surface area contributed by atoms with Crippen LogP contribution in [0.15, 0.2) is 16.3 Å². The Kier molecular flexibility index (Phi) is 5.04. The summed E-state index contributed by atoms with van der Waals surface area (Å²) in [6.07, 6.45) is 7.64. The minimum absolute atomic E-state index is 0.124. The molecule has 2 heterocycles. The molecule has 0 saturated carbocycles. The lowest BCUT2D eigenvalue weighted by molar-refractivity contribution is -0.129. The highest BCUT2D eigenvalue weighted by molar-refractivity contribution is 7.99. The van der Waals surface area contributed by atoms with E-state index in [0.717, 1.165) is 48.5 Å². The van der Waals surface area contributed by atoms with Gasteiger partial charge in [0.1, 0.15) is 0 Å². The summed E-state index contributed by atoms with van der Waals surface area (Å²) in [6.45, 7) is 3.09. The Morgan fingerprint density at radius 2 is 1.72 bits per heavy atom. The number of hydrogen-bond acceptors (Lipinski definition) is 4. The van der Waals surface area contributed by atoms with E-state index in [1.165, 1.54) is 57.5 Å². The zero-order chi connectivity index (χ0) is 20.0. The van der Waals surface area contributed by atoms with Gasteiger partial charge in [0.2, 0.25) is 5.91 Å². The molecule has 0 bridgehead atoms. The predicted octanol–water partition coefficient (Wildman–Crippen LogP) is 4.46. The maximum absolute atomic E-state index is 12.7. The molecule has 0 fully saturated rings. The molecule has 1 aromatic carbocycles. The first-order valence-electron chi connectivity index (χ1n) is 10.4. The lowest BCUT2D eigenvalue weighted by atomic mass is 9.99. The number of urea groups is 1. The molecule has 2 N–H and O–H groups in total. The summed E-state index contributed by atoms with van der Waals surface area (Å²) in [7, 11) is 0. The normalized spacial score (nSPS) is 16.9. The predicted molar refractivity (Wildman–Crippen MR) is 118 cm³/mol. The summed E-state index contributed by atoms with van der Waals surface area (Å²) in [4.78, 5) is 27.4. The molecular formula is C22H25N3O2S2. The van der Waals surface area contributed by atoms with Crippen LogP contribution in [0.1, 0.15) is 52.5 Å². The van der Waals surface area contributed by atoms with Crippen LogP contribution in [0.2, 0.25) is 0 Å². The molecule has 0 saturated heterocycles. The van der Waals surface area contributed by atoms with Crippen LogP contribution in [0.5, 0.6) is 0 Å². The molecule has 2 aliphatic carbocycles. The molecule has 7 heteroatoms. The minimum Gasteiger partial charge on any atom is -0.337 e. The van der Waals surface area contributed by atoms with E-state index >= 15 is 0 Å². The van der Waals surface area contributed by atoms with Crippen molar-refractivity contribution in [3.8, 4) is 0 Å². The molecule has 0 radical (unpaired) electrons. The maximum Gasteiger partial charge on any atom is 0.329 e. The van der Waals surface area contributed by atoms with E-state index in [9.17, 15) is 9.59 Å². The number of fused-ring (bicyclic) bond motifs is 3. The van der Waals surface area contributed by atoms with Crippen LogP contribution >= 0.6 is 23.3 Å². The number of thiophene rings is 1. The number of nitrogens with zero attached hydrogens (tertiary/aromatic N) is 1. The molecule has 5 nitrogen and oxygen atoms in total. The fourth-order valence-electron chi connectivity index (χ4n) is 4.81. The standard InChI is InChI=1S/C22H25N3O2S2/c1-13(26)25-9-8-16-11-20(28-19(16)12-25)29-24-22(27)23-21-17-6-2-4-14(17)10-15-5-3-7-18(15)21/h10-11H,2-9,12H2,1H3,(H2,23,24,27). The highest BCUT2D eigenvalue weighted by atomic mass is 32.2. The first-order chi connectivity index (χ1) is 14.1. The van der Waals surface area contributed by atoms with Crippen LogP contribution < -0.4 is 10.0 Å². The summed E-state index contributed by atoms with van der Waals surface area (Å²) >= 11 is 3.04. The monoisotopic (exact) mass is 427 g/mol. The molecule has 1 aromatic heterocycles. The molecule has 0 spiro atoms. The number of aryl methyl sites for hydroxylation is 2. The van der Waals surface area contributed by atoms with Gasteiger partial charge in [0.05, 0.1) is 10.8 Å². The molecule has 1 aliphatic heterocycles. The third-order valence-electron chi connectivity index (χ3n) is 6.26. The molecular weight excluding hydrogens is 402 g/mol. The maximum atomic E-state index is 12.7. The molecule has 3 aliphatic rings. The van der Waals surface area contributed by atoms with Gasteiger partial charge >= 0.3 is 6.03 Å². The average molecular weight is 428 g/mol.